The number of hydrogen-bond acceptors (Lipinski definition) is 3. The molecule has 0 aliphatic heterocycles. The van der Waals surface area contributed by atoms with Crippen molar-refractivity contribution in [2.75, 3.05) is 10.6 Å². The Labute approximate surface area is 166 Å². The first kappa shape index (κ1) is 17.8. The number of amides is 1. The van der Waals surface area contributed by atoms with Crippen molar-refractivity contribution < 1.29 is 9.90 Å². The first-order valence-electron chi connectivity index (χ1n) is 8.62. The van der Waals surface area contributed by atoms with Gasteiger partial charge in [-0.1, -0.05) is 30.3 Å². The molecule has 1 amide bonds. The molecule has 1 aromatic heterocycles. The van der Waals surface area contributed by atoms with E-state index in [1.807, 2.05) is 35.9 Å². The van der Waals surface area contributed by atoms with Crippen molar-refractivity contribution in [1.82, 2.24) is 4.57 Å². The van der Waals surface area contributed by atoms with Crippen molar-refractivity contribution in [3.8, 4) is 5.75 Å². The van der Waals surface area contributed by atoms with Crippen LogP contribution in [0.3, 0.4) is 0 Å². The van der Waals surface area contributed by atoms with Gasteiger partial charge in [0.1, 0.15) is 5.75 Å². The third-order valence-corrected chi connectivity index (χ3v) is 4.81. The standard InChI is InChI=1S/C21H18N4O2S/c1-25-17-9-5-2-6-12(17)13-10-14(19(26)11-18(13)25)20(27)23-15-7-3-4-8-16(15)24-21(22)28/h2-11,26H,1H3,(H,23,27)(H3,22,24,28). The van der Waals surface area contributed by atoms with E-state index in [2.05, 4.69) is 10.6 Å². The van der Waals surface area contributed by atoms with Gasteiger partial charge in [0.2, 0.25) is 0 Å². The molecule has 0 saturated heterocycles. The first-order valence-corrected chi connectivity index (χ1v) is 9.03. The van der Waals surface area contributed by atoms with Gasteiger partial charge in [0, 0.05) is 29.4 Å². The molecular formula is C21H18N4O2S. The van der Waals surface area contributed by atoms with Crippen LogP contribution < -0.4 is 16.4 Å². The summed E-state index contributed by atoms with van der Waals surface area (Å²) in [6, 6.07) is 18.3. The smallest absolute Gasteiger partial charge is 0.259 e. The largest absolute Gasteiger partial charge is 0.507 e. The summed E-state index contributed by atoms with van der Waals surface area (Å²) in [7, 11) is 1.93. The van der Waals surface area contributed by atoms with Crippen LogP contribution in [-0.2, 0) is 7.05 Å². The van der Waals surface area contributed by atoms with Crippen LogP contribution in [0.25, 0.3) is 21.8 Å². The highest BCUT2D eigenvalue weighted by atomic mass is 32.1. The minimum Gasteiger partial charge on any atom is -0.507 e. The van der Waals surface area contributed by atoms with Crippen molar-refractivity contribution in [2.24, 2.45) is 12.8 Å². The quantitative estimate of drug-likeness (QED) is 0.398. The number of para-hydroxylation sites is 3. The number of anilines is 2. The lowest BCUT2D eigenvalue weighted by Gasteiger charge is -2.13. The highest BCUT2D eigenvalue weighted by molar-refractivity contribution is 7.80. The molecule has 7 heteroatoms. The summed E-state index contributed by atoms with van der Waals surface area (Å²) in [5.41, 5.74) is 8.70. The SMILES string of the molecule is Cn1c2ccccc2c2cc(C(=O)Nc3ccccc3NC(N)=S)c(O)cc21. The number of fused-ring (bicyclic) bond motifs is 3. The Balaban J connectivity index is 1.77. The Morgan fingerprint density at radius 2 is 1.61 bits per heavy atom. The van der Waals surface area contributed by atoms with Gasteiger partial charge in [-0.05, 0) is 36.5 Å². The fourth-order valence-electron chi connectivity index (χ4n) is 3.40. The second kappa shape index (κ2) is 6.86. The van der Waals surface area contributed by atoms with E-state index in [0.29, 0.717) is 11.4 Å². The number of benzene rings is 3. The number of rotatable bonds is 3. The molecule has 1 heterocycles. The van der Waals surface area contributed by atoms with Crippen LogP contribution in [0.1, 0.15) is 10.4 Å². The van der Waals surface area contributed by atoms with E-state index in [1.165, 1.54) is 0 Å². The molecule has 0 aliphatic carbocycles. The molecular weight excluding hydrogens is 372 g/mol. The van der Waals surface area contributed by atoms with Crippen molar-refractivity contribution in [2.45, 2.75) is 0 Å². The third kappa shape index (κ3) is 3.01. The van der Waals surface area contributed by atoms with Crippen LogP contribution in [0.5, 0.6) is 5.75 Å². The van der Waals surface area contributed by atoms with Gasteiger partial charge in [-0.3, -0.25) is 4.79 Å². The number of phenols is 1. The summed E-state index contributed by atoms with van der Waals surface area (Å²) in [5, 5.41) is 18.1. The molecule has 0 spiro atoms. The number of carbonyl (C=O) groups is 1. The van der Waals surface area contributed by atoms with E-state index < -0.39 is 5.91 Å². The molecule has 3 aromatic carbocycles. The molecule has 0 aliphatic rings. The Bertz CT molecular complexity index is 1250. The molecule has 0 radical (unpaired) electrons. The van der Waals surface area contributed by atoms with Crippen molar-refractivity contribution in [3.63, 3.8) is 0 Å². The molecule has 0 bridgehead atoms. The second-order valence-electron chi connectivity index (χ2n) is 6.45. The van der Waals surface area contributed by atoms with Crippen LogP contribution >= 0.6 is 12.2 Å². The number of nitrogens with one attached hydrogen (secondary N) is 2. The molecule has 0 unspecified atom stereocenters. The molecule has 4 rings (SSSR count). The number of carbonyl (C=O) groups excluding carboxylic acids is 1. The predicted molar refractivity (Wildman–Crippen MR) is 117 cm³/mol. The number of aryl methyl sites for hydroxylation is 1. The van der Waals surface area contributed by atoms with Crippen molar-refractivity contribution in [3.05, 3.63) is 66.2 Å². The number of thiocarbonyl (C=S) groups is 1. The lowest BCUT2D eigenvalue weighted by molar-refractivity contribution is 0.102. The molecule has 0 atom stereocenters. The van der Waals surface area contributed by atoms with Crippen molar-refractivity contribution >= 4 is 56.4 Å². The van der Waals surface area contributed by atoms with Gasteiger partial charge in [0.15, 0.2) is 5.11 Å². The average Bonchev–Trinajstić information content (AvgIpc) is 2.94. The molecule has 5 N–H and O–H groups in total. The number of aromatic nitrogens is 1. The lowest BCUT2D eigenvalue weighted by atomic mass is 10.1. The fraction of sp³-hybridized carbons (Fsp3) is 0.0476. The summed E-state index contributed by atoms with van der Waals surface area (Å²) in [6.07, 6.45) is 0. The van der Waals surface area contributed by atoms with Gasteiger partial charge in [0.25, 0.3) is 5.91 Å². The highest BCUT2D eigenvalue weighted by Gasteiger charge is 2.17. The molecule has 28 heavy (non-hydrogen) atoms. The Morgan fingerprint density at radius 3 is 2.32 bits per heavy atom. The maximum absolute atomic E-state index is 12.9. The van der Waals surface area contributed by atoms with E-state index in [4.69, 9.17) is 18.0 Å². The lowest BCUT2D eigenvalue weighted by Crippen LogP contribution is -2.21. The average molecular weight is 390 g/mol. The molecule has 4 aromatic rings. The molecule has 0 fully saturated rings. The zero-order valence-corrected chi connectivity index (χ0v) is 15.9. The topological polar surface area (TPSA) is 92.3 Å². The zero-order valence-electron chi connectivity index (χ0n) is 15.1. The minimum atomic E-state index is -0.426. The Morgan fingerprint density at radius 1 is 0.964 bits per heavy atom. The predicted octanol–water partition coefficient (Wildman–Crippen LogP) is 3.94. The Kier molecular flexibility index (Phi) is 4.37. The number of phenolic OH excluding ortho intramolecular Hbond substituents is 1. The van der Waals surface area contributed by atoms with E-state index in [-0.39, 0.29) is 16.4 Å². The number of hydrogen-bond donors (Lipinski definition) is 4. The van der Waals surface area contributed by atoms with Gasteiger partial charge in [-0.2, -0.15) is 0 Å². The van der Waals surface area contributed by atoms with Gasteiger partial charge >= 0.3 is 0 Å². The minimum absolute atomic E-state index is 0.0873. The first-order chi connectivity index (χ1) is 13.5. The van der Waals surface area contributed by atoms with E-state index in [1.54, 1.807) is 36.4 Å². The normalized spacial score (nSPS) is 10.9. The zero-order chi connectivity index (χ0) is 19.8. The summed E-state index contributed by atoms with van der Waals surface area (Å²) < 4.78 is 1.99. The fourth-order valence-corrected chi connectivity index (χ4v) is 3.51. The second-order valence-corrected chi connectivity index (χ2v) is 6.89. The van der Waals surface area contributed by atoms with E-state index >= 15 is 0 Å². The van der Waals surface area contributed by atoms with Crippen LogP contribution in [0.15, 0.2) is 60.7 Å². The van der Waals surface area contributed by atoms with Gasteiger partial charge in [0.05, 0.1) is 22.5 Å². The number of nitrogens with zero attached hydrogens (tertiary/aromatic N) is 1. The van der Waals surface area contributed by atoms with E-state index in [9.17, 15) is 9.90 Å². The van der Waals surface area contributed by atoms with Gasteiger partial charge in [-0.15, -0.1) is 0 Å². The summed E-state index contributed by atoms with van der Waals surface area (Å²) in [4.78, 5) is 12.9. The molecule has 140 valence electrons. The number of nitrogens with two attached hydrogens (primary N) is 1. The maximum atomic E-state index is 12.9. The maximum Gasteiger partial charge on any atom is 0.259 e. The van der Waals surface area contributed by atoms with Crippen LogP contribution in [0.4, 0.5) is 11.4 Å². The highest BCUT2D eigenvalue weighted by Crippen LogP contribution is 2.33. The van der Waals surface area contributed by atoms with Gasteiger partial charge < -0.3 is 26.0 Å². The van der Waals surface area contributed by atoms with E-state index in [0.717, 1.165) is 21.8 Å². The van der Waals surface area contributed by atoms with Crippen molar-refractivity contribution in [1.29, 1.82) is 0 Å². The van der Waals surface area contributed by atoms with Crippen LogP contribution in [0.2, 0.25) is 0 Å². The van der Waals surface area contributed by atoms with Gasteiger partial charge in [-0.25, -0.2) is 0 Å². The summed E-state index contributed by atoms with van der Waals surface area (Å²) >= 11 is 4.88. The number of aromatic hydroxyl groups is 1. The third-order valence-electron chi connectivity index (χ3n) is 4.71. The van der Waals surface area contributed by atoms with Crippen LogP contribution in [-0.4, -0.2) is 20.7 Å². The molecule has 6 nitrogen and oxygen atoms in total. The summed E-state index contributed by atoms with van der Waals surface area (Å²) in [6.45, 7) is 0. The molecule has 0 saturated carbocycles. The van der Waals surface area contributed by atoms with Crippen LogP contribution in [0, 0.1) is 0 Å². The summed E-state index contributed by atoms with van der Waals surface area (Å²) in [5.74, 6) is -0.514. The Hall–Kier alpha value is -3.58. The monoisotopic (exact) mass is 390 g/mol.